The highest BCUT2D eigenvalue weighted by molar-refractivity contribution is 5.81. The number of nitrogens with zero attached hydrogens (tertiary/aromatic N) is 1. The fraction of sp³-hybridized carbons (Fsp3) is 0.400. The molecule has 21 heavy (non-hydrogen) atoms. The maximum Gasteiger partial charge on any atom is 0.428 e. The minimum Gasteiger partial charge on any atom is -0.443 e. The van der Waals surface area contributed by atoms with Gasteiger partial charge in [0.2, 0.25) is 5.91 Å². The summed E-state index contributed by atoms with van der Waals surface area (Å²) in [7, 11) is 0. The van der Waals surface area contributed by atoms with E-state index in [2.05, 4.69) is 15.8 Å². The average molecular weight is 291 g/mol. The number of amides is 2. The molecule has 2 amide bonds. The van der Waals surface area contributed by atoms with E-state index in [0.29, 0.717) is 6.54 Å². The molecule has 0 heterocycles. The number of nitrogens with one attached hydrogen (secondary N) is 2. The monoisotopic (exact) mass is 291 g/mol. The van der Waals surface area contributed by atoms with Crippen LogP contribution in [0, 0.1) is 0 Å². The van der Waals surface area contributed by atoms with Crippen LogP contribution in [0.25, 0.3) is 0 Å². The number of carbonyl (C=O) groups is 2. The van der Waals surface area contributed by atoms with Gasteiger partial charge in [0.1, 0.15) is 5.60 Å². The van der Waals surface area contributed by atoms with Crippen LogP contribution in [0.3, 0.4) is 0 Å². The zero-order valence-electron chi connectivity index (χ0n) is 12.8. The van der Waals surface area contributed by atoms with Crippen molar-refractivity contribution in [1.82, 2.24) is 10.7 Å². The molecule has 0 aliphatic carbocycles. The van der Waals surface area contributed by atoms with Crippen LogP contribution < -0.4 is 10.7 Å². The second-order valence-electron chi connectivity index (χ2n) is 5.52. The number of rotatable bonds is 4. The van der Waals surface area contributed by atoms with E-state index in [0.717, 1.165) is 11.1 Å². The summed E-state index contributed by atoms with van der Waals surface area (Å²) in [4.78, 5) is 22.2. The van der Waals surface area contributed by atoms with E-state index in [-0.39, 0.29) is 5.91 Å². The number of carbonyl (C=O) groups excluding carboxylic acids is 2. The van der Waals surface area contributed by atoms with Crippen LogP contribution in [0.5, 0.6) is 0 Å². The lowest BCUT2D eigenvalue weighted by molar-refractivity contribution is -0.119. The quantitative estimate of drug-likeness (QED) is 0.659. The summed E-state index contributed by atoms with van der Waals surface area (Å²) in [6, 6.07) is 7.45. The van der Waals surface area contributed by atoms with Crippen molar-refractivity contribution in [2.75, 3.05) is 0 Å². The Morgan fingerprint density at radius 2 is 1.86 bits per heavy atom. The van der Waals surface area contributed by atoms with Crippen LogP contribution in [0.1, 0.15) is 38.8 Å². The van der Waals surface area contributed by atoms with Gasteiger partial charge >= 0.3 is 6.09 Å². The Morgan fingerprint density at radius 3 is 2.38 bits per heavy atom. The Bertz CT molecular complexity index is 516. The summed E-state index contributed by atoms with van der Waals surface area (Å²) < 4.78 is 5.05. The highest BCUT2D eigenvalue weighted by Gasteiger charge is 2.15. The molecule has 0 unspecified atom stereocenters. The van der Waals surface area contributed by atoms with E-state index in [1.807, 2.05) is 24.3 Å². The first-order valence-corrected chi connectivity index (χ1v) is 6.62. The van der Waals surface area contributed by atoms with Gasteiger partial charge in [-0.3, -0.25) is 4.79 Å². The molecule has 0 bridgehead atoms. The van der Waals surface area contributed by atoms with Crippen LogP contribution in [0.15, 0.2) is 29.4 Å². The van der Waals surface area contributed by atoms with Gasteiger partial charge in [-0.1, -0.05) is 24.3 Å². The first-order valence-electron chi connectivity index (χ1n) is 6.62. The smallest absolute Gasteiger partial charge is 0.428 e. The van der Waals surface area contributed by atoms with E-state index < -0.39 is 11.7 Å². The summed E-state index contributed by atoms with van der Waals surface area (Å²) in [5, 5.41) is 6.53. The third kappa shape index (κ3) is 7.71. The number of hydrogen-bond acceptors (Lipinski definition) is 4. The van der Waals surface area contributed by atoms with Crippen LogP contribution in [-0.2, 0) is 16.1 Å². The van der Waals surface area contributed by atoms with Crippen molar-refractivity contribution in [3.8, 4) is 0 Å². The van der Waals surface area contributed by atoms with E-state index in [9.17, 15) is 9.59 Å². The van der Waals surface area contributed by atoms with Crippen molar-refractivity contribution in [2.45, 2.75) is 39.8 Å². The summed E-state index contributed by atoms with van der Waals surface area (Å²) in [5.41, 5.74) is 3.56. The first kappa shape index (κ1) is 16.7. The van der Waals surface area contributed by atoms with Gasteiger partial charge in [0.05, 0.1) is 6.21 Å². The minimum atomic E-state index is -0.596. The van der Waals surface area contributed by atoms with Gasteiger partial charge in [-0.15, -0.1) is 0 Å². The van der Waals surface area contributed by atoms with Crippen molar-refractivity contribution in [3.05, 3.63) is 35.4 Å². The number of benzene rings is 1. The van der Waals surface area contributed by atoms with Crippen LogP contribution in [0.4, 0.5) is 4.79 Å². The van der Waals surface area contributed by atoms with Crippen molar-refractivity contribution in [2.24, 2.45) is 5.10 Å². The molecule has 0 spiro atoms. The molecule has 0 atom stereocenters. The van der Waals surface area contributed by atoms with Crippen molar-refractivity contribution in [3.63, 3.8) is 0 Å². The van der Waals surface area contributed by atoms with Gasteiger partial charge in [-0.25, -0.2) is 10.2 Å². The normalized spacial score (nSPS) is 11.2. The number of hydrogen-bond donors (Lipinski definition) is 2. The highest BCUT2D eigenvalue weighted by Crippen LogP contribution is 2.06. The highest BCUT2D eigenvalue weighted by atomic mass is 16.6. The molecule has 0 aromatic heterocycles. The first-order chi connectivity index (χ1) is 9.76. The Kier molecular flexibility index (Phi) is 5.90. The molecule has 1 aromatic carbocycles. The van der Waals surface area contributed by atoms with Gasteiger partial charge in [0.15, 0.2) is 0 Å². The zero-order valence-corrected chi connectivity index (χ0v) is 12.8. The van der Waals surface area contributed by atoms with Crippen molar-refractivity contribution >= 4 is 18.2 Å². The maximum atomic E-state index is 11.4. The molecular formula is C15H21N3O3. The molecule has 0 aliphatic rings. The third-order valence-electron chi connectivity index (χ3n) is 2.29. The van der Waals surface area contributed by atoms with E-state index >= 15 is 0 Å². The molecule has 6 nitrogen and oxygen atoms in total. The van der Waals surface area contributed by atoms with E-state index in [4.69, 9.17) is 4.74 Å². The third-order valence-corrected chi connectivity index (χ3v) is 2.29. The topological polar surface area (TPSA) is 79.8 Å². The fourth-order valence-electron chi connectivity index (χ4n) is 1.41. The van der Waals surface area contributed by atoms with Crippen LogP contribution in [-0.4, -0.2) is 23.8 Å². The van der Waals surface area contributed by atoms with Gasteiger partial charge in [0, 0.05) is 13.5 Å². The molecule has 0 saturated carbocycles. The summed E-state index contributed by atoms with van der Waals surface area (Å²) in [6.45, 7) is 7.31. The van der Waals surface area contributed by atoms with Gasteiger partial charge < -0.3 is 10.1 Å². The predicted molar refractivity (Wildman–Crippen MR) is 80.9 cm³/mol. The zero-order chi connectivity index (χ0) is 15.9. The Labute approximate surface area is 124 Å². The second kappa shape index (κ2) is 7.42. The fourth-order valence-corrected chi connectivity index (χ4v) is 1.41. The Morgan fingerprint density at radius 1 is 1.24 bits per heavy atom. The molecular weight excluding hydrogens is 270 g/mol. The molecule has 114 valence electrons. The lowest BCUT2D eigenvalue weighted by Gasteiger charge is -2.18. The standard InChI is InChI=1S/C15H21N3O3/c1-11(19)16-9-12-5-7-13(8-6-12)10-17-18-14(20)21-15(2,3)4/h5-8,10H,9H2,1-4H3,(H,16,19)(H,18,20)/b17-10+. The van der Waals surface area contributed by atoms with Gasteiger partial charge in [-0.2, -0.15) is 5.10 Å². The Hall–Kier alpha value is -2.37. The summed E-state index contributed by atoms with van der Waals surface area (Å²) >= 11 is 0. The molecule has 6 heteroatoms. The molecule has 1 aromatic rings. The van der Waals surface area contributed by atoms with Crippen molar-refractivity contribution in [1.29, 1.82) is 0 Å². The lowest BCUT2D eigenvalue weighted by atomic mass is 10.1. The Balaban J connectivity index is 2.46. The molecule has 0 saturated heterocycles. The van der Waals surface area contributed by atoms with Gasteiger partial charge in [0.25, 0.3) is 0 Å². The number of hydrazone groups is 1. The lowest BCUT2D eigenvalue weighted by Crippen LogP contribution is -2.29. The molecule has 1 rings (SSSR count). The second-order valence-corrected chi connectivity index (χ2v) is 5.52. The summed E-state index contributed by atoms with van der Waals surface area (Å²) in [6.07, 6.45) is 0.924. The summed E-state index contributed by atoms with van der Waals surface area (Å²) in [5.74, 6) is -0.0674. The van der Waals surface area contributed by atoms with Crippen molar-refractivity contribution < 1.29 is 14.3 Å². The average Bonchev–Trinajstić information content (AvgIpc) is 2.35. The van der Waals surface area contributed by atoms with E-state index in [1.54, 1.807) is 20.8 Å². The maximum absolute atomic E-state index is 11.4. The molecule has 0 radical (unpaired) electrons. The molecule has 0 aliphatic heterocycles. The largest absolute Gasteiger partial charge is 0.443 e. The SMILES string of the molecule is CC(=O)NCc1ccc(/C=N/NC(=O)OC(C)(C)C)cc1. The van der Waals surface area contributed by atoms with Crippen LogP contribution in [0.2, 0.25) is 0 Å². The number of ether oxygens (including phenoxy) is 1. The van der Waals surface area contributed by atoms with Gasteiger partial charge in [-0.05, 0) is 31.9 Å². The predicted octanol–water partition coefficient (Wildman–Crippen LogP) is 2.18. The van der Waals surface area contributed by atoms with Crippen LogP contribution >= 0.6 is 0 Å². The molecule has 2 N–H and O–H groups in total. The molecule has 0 fully saturated rings. The minimum absolute atomic E-state index is 0.0674. The van der Waals surface area contributed by atoms with E-state index in [1.165, 1.54) is 13.1 Å².